The molecule has 0 bridgehead atoms. The van der Waals surface area contributed by atoms with Crippen LogP contribution in [0.3, 0.4) is 0 Å². The van der Waals surface area contributed by atoms with Gasteiger partial charge in [0.1, 0.15) is 11.0 Å². The van der Waals surface area contributed by atoms with Crippen molar-refractivity contribution in [2.45, 2.75) is 19.8 Å². The summed E-state index contributed by atoms with van der Waals surface area (Å²) >= 11 is 5.88. The Morgan fingerprint density at radius 2 is 2.21 bits per heavy atom. The van der Waals surface area contributed by atoms with Gasteiger partial charge in [-0.05, 0) is 31.9 Å². The van der Waals surface area contributed by atoms with E-state index in [0.717, 1.165) is 19.4 Å². The summed E-state index contributed by atoms with van der Waals surface area (Å²) in [6, 6.07) is 3.26. The number of rotatable bonds is 8. The molecule has 2 N–H and O–H groups in total. The first-order valence-corrected chi connectivity index (χ1v) is 6.73. The summed E-state index contributed by atoms with van der Waals surface area (Å²) < 4.78 is 4.95. The monoisotopic (exact) mass is 285 g/mol. The minimum absolute atomic E-state index is 0.138. The van der Waals surface area contributed by atoms with E-state index in [9.17, 15) is 4.79 Å². The number of amides is 1. The Hall–Kier alpha value is -1.33. The van der Waals surface area contributed by atoms with Crippen molar-refractivity contribution in [1.82, 2.24) is 10.3 Å². The molecular formula is C13H20ClN3O2. The number of carbonyl (C=O) groups is 1. The summed E-state index contributed by atoms with van der Waals surface area (Å²) in [5, 5.41) is 6.19. The van der Waals surface area contributed by atoms with E-state index in [1.54, 1.807) is 19.2 Å². The average molecular weight is 286 g/mol. The molecule has 5 nitrogen and oxygen atoms in total. The lowest BCUT2D eigenvalue weighted by Gasteiger charge is -2.08. The zero-order chi connectivity index (χ0) is 14.1. The molecule has 6 heteroatoms. The summed E-state index contributed by atoms with van der Waals surface area (Å²) in [7, 11) is 1.67. The summed E-state index contributed by atoms with van der Waals surface area (Å²) in [6.45, 7) is 4.02. The van der Waals surface area contributed by atoms with Crippen molar-refractivity contribution < 1.29 is 9.53 Å². The third-order valence-corrected chi connectivity index (χ3v) is 2.67. The SMILES string of the molecule is CCNc1cc(C(=O)NCCCCOC)cc(Cl)n1. The number of nitrogens with zero attached hydrogens (tertiary/aromatic N) is 1. The molecule has 19 heavy (non-hydrogen) atoms. The Balaban J connectivity index is 2.51. The van der Waals surface area contributed by atoms with Gasteiger partial charge in [-0.25, -0.2) is 4.98 Å². The fourth-order valence-corrected chi connectivity index (χ4v) is 1.78. The van der Waals surface area contributed by atoms with E-state index in [0.29, 0.717) is 29.7 Å². The molecule has 0 spiro atoms. The van der Waals surface area contributed by atoms with Crippen molar-refractivity contribution in [3.63, 3.8) is 0 Å². The van der Waals surface area contributed by atoms with Crippen molar-refractivity contribution in [2.75, 3.05) is 32.1 Å². The number of carbonyl (C=O) groups excluding carboxylic acids is 1. The van der Waals surface area contributed by atoms with Crippen molar-refractivity contribution in [3.05, 3.63) is 22.8 Å². The molecule has 0 atom stereocenters. The van der Waals surface area contributed by atoms with Crippen LogP contribution in [0.1, 0.15) is 30.1 Å². The lowest BCUT2D eigenvalue weighted by molar-refractivity contribution is 0.0951. The average Bonchev–Trinajstić information content (AvgIpc) is 2.38. The highest BCUT2D eigenvalue weighted by Gasteiger charge is 2.08. The first-order chi connectivity index (χ1) is 9.17. The number of anilines is 1. The Labute approximate surface area is 118 Å². The van der Waals surface area contributed by atoms with E-state index in [1.165, 1.54) is 0 Å². The van der Waals surface area contributed by atoms with Crippen molar-refractivity contribution in [3.8, 4) is 0 Å². The van der Waals surface area contributed by atoms with E-state index in [-0.39, 0.29) is 5.91 Å². The van der Waals surface area contributed by atoms with Crippen LogP contribution in [-0.2, 0) is 4.74 Å². The quantitative estimate of drug-likeness (QED) is 0.568. The Kier molecular flexibility index (Phi) is 7.22. The molecular weight excluding hydrogens is 266 g/mol. The molecule has 1 aromatic heterocycles. The second-order valence-electron chi connectivity index (χ2n) is 4.05. The van der Waals surface area contributed by atoms with Crippen LogP contribution in [0.25, 0.3) is 0 Å². The molecule has 1 rings (SSSR count). The molecule has 0 aromatic carbocycles. The van der Waals surface area contributed by atoms with E-state index in [4.69, 9.17) is 16.3 Å². The maximum Gasteiger partial charge on any atom is 0.251 e. The van der Waals surface area contributed by atoms with Crippen LogP contribution >= 0.6 is 11.6 Å². The molecule has 0 unspecified atom stereocenters. The summed E-state index contributed by atoms with van der Waals surface area (Å²) in [6.07, 6.45) is 1.81. The van der Waals surface area contributed by atoms with Crippen LogP contribution in [0.15, 0.2) is 12.1 Å². The smallest absolute Gasteiger partial charge is 0.251 e. The standard InChI is InChI=1S/C13H20ClN3O2/c1-3-15-12-9-10(8-11(14)17-12)13(18)16-6-4-5-7-19-2/h8-9H,3-7H2,1-2H3,(H,15,17)(H,16,18). The molecule has 106 valence electrons. The summed E-state index contributed by atoms with van der Waals surface area (Å²) in [5.41, 5.74) is 0.516. The van der Waals surface area contributed by atoms with Crippen LogP contribution in [0.2, 0.25) is 5.15 Å². The van der Waals surface area contributed by atoms with Gasteiger partial charge in [0.2, 0.25) is 0 Å². The zero-order valence-corrected chi connectivity index (χ0v) is 12.1. The van der Waals surface area contributed by atoms with Gasteiger partial charge >= 0.3 is 0 Å². The summed E-state index contributed by atoms with van der Waals surface area (Å²) in [5.74, 6) is 0.473. The van der Waals surface area contributed by atoms with Gasteiger partial charge in [-0.1, -0.05) is 11.6 Å². The number of halogens is 1. The maximum atomic E-state index is 11.9. The van der Waals surface area contributed by atoms with Gasteiger partial charge in [0, 0.05) is 32.4 Å². The number of hydrogen-bond donors (Lipinski definition) is 2. The number of nitrogens with one attached hydrogen (secondary N) is 2. The highest BCUT2D eigenvalue weighted by molar-refractivity contribution is 6.29. The minimum atomic E-state index is -0.138. The normalized spacial score (nSPS) is 10.3. The number of hydrogen-bond acceptors (Lipinski definition) is 4. The molecule has 0 aliphatic carbocycles. The third kappa shape index (κ3) is 5.89. The van der Waals surface area contributed by atoms with Crippen LogP contribution in [-0.4, -0.2) is 37.7 Å². The highest BCUT2D eigenvalue weighted by atomic mass is 35.5. The maximum absolute atomic E-state index is 11.9. The van der Waals surface area contributed by atoms with Gasteiger partial charge in [-0.2, -0.15) is 0 Å². The number of ether oxygens (including phenoxy) is 1. The van der Waals surface area contributed by atoms with Crippen LogP contribution < -0.4 is 10.6 Å². The Morgan fingerprint density at radius 1 is 1.42 bits per heavy atom. The van der Waals surface area contributed by atoms with Crippen LogP contribution in [0.4, 0.5) is 5.82 Å². The van der Waals surface area contributed by atoms with Crippen LogP contribution in [0, 0.1) is 0 Å². The summed E-state index contributed by atoms with van der Waals surface area (Å²) in [4.78, 5) is 16.0. The van der Waals surface area contributed by atoms with Gasteiger partial charge in [0.05, 0.1) is 0 Å². The molecule has 1 amide bonds. The van der Waals surface area contributed by atoms with E-state index in [1.807, 2.05) is 6.92 Å². The van der Waals surface area contributed by atoms with Gasteiger partial charge < -0.3 is 15.4 Å². The van der Waals surface area contributed by atoms with Gasteiger partial charge in [-0.15, -0.1) is 0 Å². The number of unbranched alkanes of at least 4 members (excludes halogenated alkanes) is 1. The predicted octanol–water partition coefficient (Wildman–Crippen LogP) is 2.32. The van der Waals surface area contributed by atoms with Crippen molar-refractivity contribution in [1.29, 1.82) is 0 Å². The first-order valence-electron chi connectivity index (χ1n) is 6.36. The van der Waals surface area contributed by atoms with Crippen molar-refractivity contribution >= 4 is 23.3 Å². The lowest BCUT2D eigenvalue weighted by atomic mass is 10.2. The molecule has 0 saturated carbocycles. The third-order valence-electron chi connectivity index (χ3n) is 2.47. The van der Waals surface area contributed by atoms with Crippen molar-refractivity contribution in [2.24, 2.45) is 0 Å². The fourth-order valence-electron chi connectivity index (χ4n) is 1.58. The number of methoxy groups -OCH3 is 1. The highest BCUT2D eigenvalue weighted by Crippen LogP contribution is 2.14. The fraction of sp³-hybridized carbons (Fsp3) is 0.538. The molecule has 0 aliphatic heterocycles. The zero-order valence-electron chi connectivity index (χ0n) is 11.3. The molecule has 1 heterocycles. The molecule has 0 aliphatic rings. The van der Waals surface area contributed by atoms with Gasteiger partial charge in [-0.3, -0.25) is 4.79 Å². The largest absolute Gasteiger partial charge is 0.385 e. The first kappa shape index (κ1) is 15.7. The Bertz CT molecular complexity index is 413. The topological polar surface area (TPSA) is 63.2 Å². The second kappa shape index (κ2) is 8.72. The van der Waals surface area contributed by atoms with Gasteiger partial charge in [0.25, 0.3) is 5.91 Å². The second-order valence-corrected chi connectivity index (χ2v) is 4.44. The molecule has 0 saturated heterocycles. The van der Waals surface area contributed by atoms with E-state index >= 15 is 0 Å². The van der Waals surface area contributed by atoms with E-state index in [2.05, 4.69) is 15.6 Å². The molecule has 0 fully saturated rings. The lowest BCUT2D eigenvalue weighted by Crippen LogP contribution is -2.24. The number of aromatic nitrogens is 1. The minimum Gasteiger partial charge on any atom is -0.385 e. The molecule has 1 aromatic rings. The van der Waals surface area contributed by atoms with Crippen LogP contribution in [0.5, 0.6) is 0 Å². The molecule has 0 radical (unpaired) electrons. The number of pyridine rings is 1. The van der Waals surface area contributed by atoms with Gasteiger partial charge in [0.15, 0.2) is 0 Å². The predicted molar refractivity (Wildman–Crippen MR) is 76.9 cm³/mol. The Morgan fingerprint density at radius 3 is 2.89 bits per heavy atom. The van der Waals surface area contributed by atoms with E-state index < -0.39 is 0 Å².